The molecule has 0 fully saturated rings. The molecule has 0 aromatic heterocycles. The number of halogens is 1. The summed E-state index contributed by atoms with van der Waals surface area (Å²) in [6.07, 6.45) is 0. The molecule has 104 valence electrons. The normalized spacial score (nSPS) is 16.9. The van der Waals surface area contributed by atoms with Gasteiger partial charge >= 0.3 is 0 Å². The zero-order valence-electron chi connectivity index (χ0n) is 11.6. The van der Waals surface area contributed by atoms with E-state index >= 15 is 0 Å². The van der Waals surface area contributed by atoms with Crippen molar-refractivity contribution in [3.05, 3.63) is 65.5 Å². The largest absolute Gasteiger partial charge is 0.492 e. The fourth-order valence-corrected chi connectivity index (χ4v) is 2.63. The Kier molecular flexibility index (Phi) is 3.70. The number of ether oxygens (including phenoxy) is 1. The molecule has 1 atom stereocenters. The summed E-state index contributed by atoms with van der Waals surface area (Å²) < 4.78 is 18.8. The average molecular weight is 271 g/mol. The number of para-hydroxylation sites is 1. The third kappa shape index (κ3) is 2.68. The lowest BCUT2D eigenvalue weighted by Gasteiger charge is -2.27. The minimum Gasteiger partial charge on any atom is -0.492 e. The Labute approximate surface area is 118 Å². The van der Waals surface area contributed by atoms with Crippen molar-refractivity contribution >= 4 is 0 Å². The van der Waals surface area contributed by atoms with Crippen LogP contribution in [0, 0.1) is 5.82 Å². The van der Waals surface area contributed by atoms with Crippen LogP contribution in [0.2, 0.25) is 0 Å². The van der Waals surface area contributed by atoms with Crippen molar-refractivity contribution in [2.45, 2.75) is 19.5 Å². The molecule has 1 unspecified atom stereocenters. The second-order valence-electron chi connectivity index (χ2n) is 5.15. The number of fused-ring (bicyclic) bond motifs is 1. The quantitative estimate of drug-likeness (QED) is 0.824. The van der Waals surface area contributed by atoms with Crippen LogP contribution in [-0.4, -0.2) is 18.1 Å². The van der Waals surface area contributed by atoms with Crippen molar-refractivity contribution in [3.8, 4) is 5.75 Å². The van der Waals surface area contributed by atoms with Gasteiger partial charge in [-0.1, -0.05) is 30.3 Å². The van der Waals surface area contributed by atoms with E-state index in [9.17, 15) is 4.39 Å². The Bertz CT molecular complexity index is 582. The van der Waals surface area contributed by atoms with Gasteiger partial charge in [0.15, 0.2) is 0 Å². The molecule has 0 aliphatic carbocycles. The van der Waals surface area contributed by atoms with Crippen LogP contribution in [0.25, 0.3) is 0 Å². The highest BCUT2D eigenvalue weighted by molar-refractivity contribution is 5.34. The van der Waals surface area contributed by atoms with Gasteiger partial charge in [-0.05, 0) is 30.7 Å². The Morgan fingerprint density at radius 2 is 1.85 bits per heavy atom. The summed E-state index contributed by atoms with van der Waals surface area (Å²) in [4.78, 5) is 2.36. The van der Waals surface area contributed by atoms with Crippen LogP contribution in [0.3, 0.4) is 0 Å². The van der Waals surface area contributed by atoms with E-state index in [1.54, 1.807) is 0 Å². The lowest BCUT2D eigenvalue weighted by Crippen LogP contribution is -2.28. The topological polar surface area (TPSA) is 12.5 Å². The maximum Gasteiger partial charge on any atom is 0.123 e. The molecular formula is C17H18FNO. The third-order valence-corrected chi connectivity index (χ3v) is 3.88. The maximum absolute atomic E-state index is 13.0. The minimum atomic E-state index is -0.189. The Balaban J connectivity index is 1.82. The van der Waals surface area contributed by atoms with Gasteiger partial charge in [-0.15, -0.1) is 0 Å². The summed E-state index contributed by atoms with van der Waals surface area (Å²) in [6.45, 7) is 4.56. The van der Waals surface area contributed by atoms with E-state index in [2.05, 4.69) is 17.9 Å². The van der Waals surface area contributed by atoms with Crippen LogP contribution in [0.15, 0.2) is 48.5 Å². The number of nitrogens with zero attached hydrogens (tertiary/aromatic N) is 1. The van der Waals surface area contributed by atoms with Crippen LogP contribution in [-0.2, 0) is 6.54 Å². The SMILES string of the molecule is CC(c1ccc(F)cc1)N1CCOc2ccccc2C1. The van der Waals surface area contributed by atoms with Crippen molar-refractivity contribution in [1.29, 1.82) is 0 Å². The first-order valence-electron chi connectivity index (χ1n) is 6.94. The van der Waals surface area contributed by atoms with Crippen molar-refractivity contribution in [3.63, 3.8) is 0 Å². The van der Waals surface area contributed by atoms with Gasteiger partial charge in [-0.2, -0.15) is 0 Å². The summed E-state index contributed by atoms with van der Waals surface area (Å²) in [5, 5.41) is 0. The van der Waals surface area contributed by atoms with Gasteiger partial charge in [0.2, 0.25) is 0 Å². The van der Waals surface area contributed by atoms with E-state index in [1.165, 1.54) is 17.7 Å². The number of benzene rings is 2. The van der Waals surface area contributed by atoms with E-state index in [4.69, 9.17) is 4.74 Å². The molecule has 1 aliphatic heterocycles. The highest BCUT2D eigenvalue weighted by Crippen LogP contribution is 2.28. The smallest absolute Gasteiger partial charge is 0.123 e. The van der Waals surface area contributed by atoms with Crippen molar-refractivity contribution in [2.24, 2.45) is 0 Å². The summed E-state index contributed by atoms with van der Waals surface area (Å²) in [7, 11) is 0. The summed E-state index contributed by atoms with van der Waals surface area (Å²) >= 11 is 0. The standard InChI is InChI=1S/C17H18FNO/c1-13(14-6-8-16(18)9-7-14)19-10-11-20-17-5-3-2-4-15(17)12-19/h2-9,13H,10-12H2,1H3. The summed E-state index contributed by atoms with van der Waals surface area (Å²) in [5.41, 5.74) is 2.34. The van der Waals surface area contributed by atoms with Gasteiger partial charge in [0, 0.05) is 24.7 Å². The molecule has 0 bridgehead atoms. The van der Waals surface area contributed by atoms with E-state index in [0.29, 0.717) is 6.61 Å². The zero-order valence-corrected chi connectivity index (χ0v) is 11.6. The number of hydrogen-bond donors (Lipinski definition) is 0. The molecule has 0 spiro atoms. The molecule has 1 aliphatic rings. The molecule has 2 nitrogen and oxygen atoms in total. The van der Waals surface area contributed by atoms with Gasteiger partial charge in [0.05, 0.1) is 0 Å². The van der Waals surface area contributed by atoms with Gasteiger partial charge in [-0.3, -0.25) is 4.90 Å². The first-order chi connectivity index (χ1) is 9.74. The van der Waals surface area contributed by atoms with Gasteiger partial charge < -0.3 is 4.74 Å². The highest BCUT2D eigenvalue weighted by Gasteiger charge is 2.20. The molecule has 0 N–H and O–H groups in total. The monoisotopic (exact) mass is 271 g/mol. The summed E-state index contributed by atoms with van der Waals surface area (Å²) in [6, 6.07) is 15.2. The van der Waals surface area contributed by atoms with Crippen LogP contribution >= 0.6 is 0 Å². The molecule has 1 heterocycles. The Morgan fingerprint density at radius 1 is 1.10 bits per heavy atom. The molecule has 0 amide bonds. The maximum atomic E-state index is 13.0. The van der Waals surface area contributed by atoms with Gasteiger partial charge in [0.1, 0.15) is 18.2 Å². The Hall–Kier alpha value is -1.87. The first kappa shape index (κ1) is 13.1. The lowest BCUT2D eigenvalue weighted by atomic mass is 10.1. The van der Waals surface area contributed by atoms with Crippen molar-refractivity contribution < 1.29 is 9.13 Å². The lowest BCUT2D eigenvalue weighted by molar-refractivity contribution is 0.179. The van der Waals surface area contributed by atoms with Gasteiger partial charge in [0.25, 0.3) is 0 Å². The summed E-state index contributed by atoms with van der Waals surface area (Å²) in [5.74, 6) is 0.784. The molecule has 20 heavy (non-hydrogen) atoms. The van der Waals surface area contributed by atoms with Crippen LogP contribution < -0.4 is 4.74 Å². The third-order valence-electron chi connectivity index (χ3n) is 3.88. The zero-order chi connectivity index (χ0) is 13.9. The predicted molar refractivity (Wildman–Crippen MR) is 77.2 cm³/mol. The van der Waals surface area contributed by atoms with E-state index in [0.717, 1.165) is 24.4 Å². The van der Waals surface area contributed by atoms with E-state index < -0.39 is 0 Å². The molecule has 3 heteroatoms. The molecule has 0 saturated carbocycles. The highest BCUT2D eigenvalue weighted by atomic mass is 19.1. The van der Waals surface area contributed by atoms with Crippen molar-refractivity contribution in [1.82, 2.24) is 4.90 Å². The number of hydrogen-bond acceptors (Lipinski definition) is 2. The van der Waals surface area contributed by atoms with Crippen LogP contribution in [0.5, 0.6) is 5.75 Å². The average Bonchev–Trinajstić information content (AvgIpc) is 2.69. The molecule has 2 aromatic carbocycles. The van der Waals surface area contributed by atoms with Crippen LogP contribution in [0.4, 0.5) is 4.39 Å². The second kappa shape index (κ2) is 5.63. The molecule has 2 aromatic rings. The fourth-order valence-electron chi connectivity index (χ4n) is 2.63. The number of rotatable bonds is 2. The minimum absolute atomic E-state index is 0.189. The Morgan fingerprint density at radius 3 is 2.65 bits per heavy atom. The molecule has 0 saturated heterocycles. The van der Waals surface area contributed by atoms with Gasteiger partial charge in [-0.25, -0.2) is 4.39 Å². The van der Waals surface area contributed by atoms with E-state index in [1.807, 2.05) is 30.3 Å². The fraction of sp³-hybridized carbons (Fsp3) is 0.294. The molecular weight excluding hydrogens is 253 g/mol. The van der Waals surface area contributed by atoms with Crippen molar-refractivity contribution in [2.75, 3.05) is 13.2 Å². The predicted octanol–water partition coefficient (Wildman–Crippen LogP) is 3.78. The van der Waals surface area contributed by atoms with Crippen LogP contribution in [0.1, 0.15) is 24.1 Å². The van der Waals surface area contributed by atoms with E-state index in [-0.39, 0.29) is 11.9 Å². The molecule has 3 rings (SSSR count). The first-order valence-corrected chi connectivity index (χ1v) is 6.94. The second-order valence-corrected chi connectivity index (χ2v) is 5.15. The molecule has 0 radical (unpaired) electrons.